The zero-order valence-corrected chi connectivity index (χ0v) is 17.7. The third-order valence-electron chi connectivity index (χ3n) is 4.50. The number of esters is 1. The summed E-state index contributed by atoms with van der Waals surface area (Å²) in [6, 6.07) is 5.72. The molecule has 1 aliphatic carbocycles. The molecule has 0 unspecified atom stereocenters. The van der Waals surface area contributed by atoms with Crippen molar-refractivity contribution in [2.75, 3.05) is 17.7 Å². The maximum Gasteiger partial charge on any atom is 0.341 e. The first-order chi connectivity index (χ1) is 14.6. The van der Waals surface area contributed by atoms with Crippen LogP contribution in [0.2, 0.25) is 0 Å². The van der Waals surface area contributed by atoms with Gasteiger partial charge < -0.3 is 10.1 Å². The fourth-order valence-corrected chi connectivity index (χ4v) is 5.20. The number of hydrogen-bond acceptors (Lipinski definition) is 8. The SMILES string of the molecule is CCOC(=O)c1c(NC(=O)CSc2nnnn2-c2ccc(F)cc2)sc2c1CCC2. The minimum atomic E-state index is -0.403. The Labute approximate surface area is 179 Å². The second-order valence-corrected chi connectivity index (χ2v) is 8.52. The number of ether oxygens (including phenoxy) is 1. The van der Waals surface area contributed by atoms with Gasteiger partial charge in [0.15, 0.2) is 0 Å². The number of nitrogens with one attached hydrogen (secondary N) is 1. The van der Waals surface area contributed by atoms with Gasteiger partial charge in [0.2, 0.25) is 11.1 Å². The third kappa shape index (κ3) is 4.21. The number of amides is 1. The number of rotatable bonds is 7. The van der Waals surface area contributed by atoms with E-state index in [4.69, 9.17) is 4.74 Å². The van der Waals surface area contributed by atoms with E-state index < -0.39 is 5.97 Å². The number of aromatic nitrogens is 4. The van der Waals surface area contributed by atoms with Crippen molar-refractivity contribution >= 4 is 40.0 Å². The average Bonchev–Trinajstić information content (AvgIpc) is 3.43. The van der Waals surface area contributed by atoms with E-state index in [2.05, 4.69) is 20.8 Å². The monoisotopic (exact) mass is 447 g/mol. The van der Waals surface area contributed by atoms with Crippen molar-refractivity contribution in [3.63, 3.8) is 0 Å². The van der Waals surface area contributed by atoms with E-state index in [1.165, 1.54) is 28.2 Å². The topological polar surface area (TPSA) is 99.0 Å². The lowest BCUT2D eigenvalue weighted by Gasteiger charge is -2.08. The minimum absolute atomic E-state index is 0.0480. The third-order valence-corrected chi connectivity index (χ3v) is 6.62. The number of benzene rings is 1. The molecule has 1 amide bonds. The Morgan fingerprint density at radius 1 is 1.30 bits per heavy atom. The van der Waals surface area contributed by atoms with Gasteiger partial charge in [0.05, 0.1) is 23.6 Å². The highest BCUT2D eigenvalue weighted by Crippen LogP contribution is 2.39. The summed E-state index contributed by atoms with van der Waals surface area (Å²) >= 11 is 2.58. The summed E-state index contributed by atoms with van der Waals surface area (Å²) in [6.07, 6.45) is 2.73. The maximum absolute atomic E-state index is 13.1. The predicted octanol–water partition coefficient (Wildman–Crippen LogP) is 3.26. The molecule has 0 aliphatic heterocycles. The van der Waals surface area contributed by atoms with Gasteiger partial charge in [-0.25, -0.2) is 9.18 Å². The zero-order valence-electron chi connectivity index (χ0n) is 16.1. The Bertz CT molecular complexity index is 1080. The van der Waals surface area contributed by atoms with E-state index in [9.17, 15) is 14.0 Å². The van der Waals surface area contributed by atoms with Crippen LogP contribution in [0, 0.1) is 5.82 Å². The van der Waals surface area contributed by atoms with E-state index in [0.717, 1.165) is 41.5 Å². The second-order valence-electron chi connectivity index (χ2n) is 6.47. The fraction of sp³-hybridized carbons (Fsp3) is 0.316. The molecule has 30 heavy (non-hydrogen) atoms. The molecule has 0 saturated carbocycles. The largest absolute Gasteiger partial charge is 0.462 e. The van der Waals surface area contributed by atoms with Gasteiger partial charge in [-0.15, -0.1) is 16.4 Å². The number of nitrogens with zero attached hydrogens (tertiary/aromatic N) is 4. The molecule has 0 atom stereocenters. The van der Waals surface area contributed by atoms with Crippen LogP contribution in [0.3, 0.4) is 0 Å². The maximum atomic E-state index is 13.1. The molecule has 4 rings (SSSR count). The van der Waals surface area contributed by atoms with E-state index in [1.807, 2.05) is 0 Å². The van der Waals surface area contributed by atoms with Crippen molar-refractivity contribution in [3.8, 4) is 5.69 Å². The summed E-state index contributed by atoms with van der Waals surface area (Å²) in [6.45, 7) is 2.03. The van der Waals surface area contributed by atoms with Crippen molar-refractivity contribution in [1.29, 1.82) is 0 Å². The van der Waals surface area contributed by atoms with Gasteiger partial charge in [0, 0.05) is 4.88 Å². The summed E-state index contributed by atoms with van der Waals surface area (Å²) in [4.78, 5) is 26.1. The van der Waals surface area contributed by atoms with Crippen LogP contribution in [0.5, 0.6) is 0 Å². The van der Waals surface area contributed by atoms with Crippen molar-refractivity contribution in [3.05, 3.63) is 46.1 Å². The van der Waals surface area contributed by atoms with Crippen LogP contribution in [0.15, 0.2) is 29.4 Å². The van der Waals surface area contributed by atoms with Gasteiger partial charge in [0.1, 0.15) is 10.8 Å². The lowest BCUT2D eigenvalue weighted by molar-refractivity contribution is -0.113. The van der Waals surface area contributed by atoms with Gasteiger partial charge in [-0.1, -0.05) is 11.8 Å². The van der Waals surface area contributed by atoms with E-state index in [-0.39, 0.29) is 24.1 Å². The first-order valence-electron chi connectivity index (χ1n) is 9.35. The van der Waals surface area contributed by atoms with E-state index >= 15 is 0 Å². The summed E-state index contributed by atoms with van der Waals surface area (Å²) < 4.78 is 19.7. The number of thiophene rings is 1. The Balaban J connectivity index is 1.45. The van der Waals surface area contributed by atoms with E-state index in [1.54, 1.807) is 19.1 Å². The standard InChI is InChI=1S/C19H18FN5O3S2/c1-2-28-18(27)16-13-4-3-5-14(13)30-17(16)21-15(26)10-29-19-22-23-24-25(19)12-8-6-11(20)7-9-12/h6-9H,2-5,10H2,1H3,(H,21,26). The molecule has 11 heteroatoms. The van der Waals surface area contributed by atoms with Crippen LogP contribution in [0.1, 0.15) is 34.1 Å². The molecule has 8 nitrogen and oxygen atoms in total. The number of carbonyl (C=O) groups is 2. The number of carbonyl (C=O) groups excluding carboxylic acids is 2. The lowest BCUT2D eigenvalue weighted by atomic mass is 10.1. The number of aryl methyl sites for hydroxylation is 1. The van der Waals surface area contributed by atoms with Crippen LogP contribution >= 0.6 is 23.1 Å². The molecule has 0 bridgehead atoms. The molecule has 2 aromatic heterocycles. The number of tetrazole rings is 1. The highest BCUT2D eigenvalue weighted by atomic mass is 32.2. The van der Waals surface area contributed by atoms with Gasteiger partial charge in [0.25, 0.3) is 0 Å². The highest BCUT2D eigenvalue weighted by Gasteiger charge is 2.28. The molecule has 3 aromatic rings. The molecule has 0 saturated heterocycles. The second kappa shape index (κ2) is 8.92. The predicted molar refractivity (Wildman–Crippen MR) is 111 cm³/mol. The normalized spacial score (nSPS) is 12.6. The number of fused-ring (bicyclic) bond motifs is 1. The number of hydrogen-bond donors (Lipinski definition) is 1. The molecule has 156 valence electrons. The number of anilines is 1. The molecular formula is C19H18FN5O3S2. The van der Waals surface area contributed by atoms with Gasteiger partial charge in [-0.2, -0.15) is 4.68 Å². The minimum Gasteiger partial charge on any atom is -0.462 e. The molecule has 1 N–H and O–H groups in total. The number of thioether (sulfide) groups is 1. The quantitative estimate of drug-likeness (QED) is 0.438. The van der Waals surface area contributed by atoms with Gasteiger partial charge in [-0.05, 0) is 66.4 Å². The average molecular weight is 448 g/mol. The van der Waals surface area contributed by atoms with Gasteiger partial charge >= 0.3 is 5.97 Å². The van der Waals surface area contributed by atoms with Crippen LogP contribution < -0.4 is 5.32 Å². The summed E-state index contributed by atoms with van der Waals surface area (Å²) in [7, 11) is 0. The first-order valence-corrected chi connectivity index (χ1v) is 11.2. The van der Waals surface area contributed by atoms with E-state index in [0.29, 0.717) is 21.4 Å². The zero-order chi connectivity index (χ0) is 21.1. The number of halogens is 1. The molecular weight excluding hydrogens is 429 g/mol. The summed E-state index contributed by atoms with van der Waals surface area (Å²) in [5.41, 5.74) is 2.05. The Kier molecular flexibility index (Phi) is 6.09. The summed E-state index contributed by atoms with van der Waals surface area (Å²) in [5, 5.41) is 15.2. The molecule has 2 heterocycles. The smallest absolute Gasteiger partial charge is 0.341 e. The Morgan fingerprint density at radius 3 is 2.87 bits per heavy atom. The molecule has 0 fully saturated rings. The van der Waals surface area contributed by atoms with Crippen LogP contribution in [0.25, 0.3) is 5.69 Å². The molecule has 1 aliphatic rings. The van der Waals surface area contributed by atoms with Crippen LogP contribution in [-0.2, 0) is 22.4 Å². The highest BCUT2D eigenvalue weighted by molar-refractivity contribution is 7.99. The van der Waals surface area contributed by atoms with Crippen molar-refractivity contribution in [2.45, 2.75) is 31.3 Å². The molecule has 1 aromatic carbocycles. The lowest BCUT2D eigenvalue weighted by Crippen LogP contribution is -2.17. The first kappa shape index (κ1) is 20.5. The molecule has 0 spiro atoms. The van der Waals surface area contributed by atoms with Crippen LogP contribution in [-0.4, -0.2) is 44.4 Å². The van der Waals surface area contributed by atoms with Crippen LogP contribution in [0.4, 0.5) is 9.39 Å². The summed E-state index contributed by atoms with van der Waals surface area (Å²) in [5.74, 6) is -0.994. The van der Waals surface area contributed by atoms with Crippen molar-refractivity contribution < 1.29 is 18.7 Å². The van der Waals surface area contributed by atoms with Crippen molar-refractivity contribution in [1.82, 2.24) is 20.2 Å². The van der Waals surface area contributed by atoms with Crippen molar-refractivity contribution in [2.24, 2.45) is 0 Å². The van der Waals surface area contributed by atoms with Gasteiger partial charge in [-0.3, -0.25) is 4.79 Å². The Morgan fingerprint density at radius 2 is 2.10 bits per heavy atom. The fourth-order valence-electron chi connectivity index (χ4n) is 3.22. The molecule has 0 radical (unpaired) electrons. The Hall–Kier alpha value is -2.79.